The number of aliphatic hydroxyl groups excluding tert-OH is 1. The first-order valence-electron chi connectivity index (χ1n) is 4.74. The Morgan fingerprint density at radius 1 is 1.53 bits per heavy atom. The van der Waals surface area contributed by atoms with Gasteiger partial charge in [-0.05, 0) is 46.5 Å². The fourth-order valence-corrected chi connectivity index (χ4v) is 2.17. The summed E-state index contributed by atoms with van der Waals surface area (Å²) in [4.78, 5) is 0. The van der Waals surface area contributed by atoms with Crippen molar-refractivity contribution in [3.8, 4) is 5.75 Å². The van der Waals surface area contributed by atoms with Crippen LogP contribution in [0.3, 0.4) is 0 Å². The van der Waals surface area contributed by atoms with Crippen LogP contribution >= 0.6 is 15.9 Å². The fourth-order valence-electron chi connectivity index (χ4n) is 1.60. The summed E-state index contributed by atoms with van der Waals surface area (Å²) in [6, 6.07) is 1.93. The Morgan fingerprint density at radius 3 is 2.60 bits per heavy atom. The summed E-state index contributed by atoms with van der Waals surface area (Å²) >= 11 is 3.46. The van der Waals surface area contributed by atoms with Crippen molar-refractivity contribution in [2.45, 2.75) is 20.0 Å². The molecule has 0 spiro atoms. The molecule has 0 saturated heterocycles. The lowest BCUT2D eigenvalue weighted by molar-refractivity contribution is 0.185. The number of halogens is 1. The van der Waals surface area contributed by atoms with Gasteiger partial charge in [-0.15, -0.1) is 0 Å². The summed E-state index contributed by atoms with van der Waals surface area (Å²) in [5.74, 6) is 0.762. The van der Waals surface area contributed by atoms with Crippen LogP contribution in [0.5, 0.6) is 5.75 Å². The van der Waals surface area contributed by atoms with Crippen LogP contribution in [0.2, 0.25) is 0 Å². The van der Waals surface area contributed by atoms with Crippen LogP contribution in [0.1, 0.15) is 22.8 Å². The standard InChI is InChI=1S/C11H16BrNO2/c1-6-4-8(9(14)5-13)7(2)11(15-3)10(6)12/h4,9,14H,5,13H2,1-3H3. The lowest BCUT2D eigenvalue weighted by Crippen LogP contribution is -2.13. The van der Waals surface area contributed by atoms with Crippen LogP contribution in [-0.4, -0.2) is 18.8 Å². The molecule has 3 nitrogen and oxygen atoms in total. The van der Waals surface area contributed by atoms with E-state index >= 15 is 0 Å². The van der Waals surface area contributed by atoms with Crippen LogP contribution in [0.4, 0.5) is 0 Å². The summed E-state index contributed by atoms with van der Waals surface area (Å²) < 4.78 is 6.22. The highest BCUT2D eigenvalue weighted by Crippen LogP contribution is 2.36. The third kappa shape index (κ3) is 2.33. The van der Waals surface area contributed by atoms with Crippen LogP contribution in [0.15, 0.2) is 10.5 Å². The number of ether oxygens (including phenoxy) is 1. The summed E-state index contributed by atoms with van der Waals surface area (Å²) in [5, 5.41) is 9.75. The number of hydrogen-bond acceptors (Lipinski definition) is 3. The molecule has 0 saturated carbocycles. The molecule has 0 aromatic heterocycles. The Kier molecular flexibility index (Phi) is 4.13. The van der Waals surface area contributed by atoms with Crippen LogP contribution in [0, 0.1) is 13.8 Å². The molecule has 0 aliphatic heterocycles. The Balaban J connectivity index is 3.36. The second kappa shape index (κ2) is 4.96. The molecule has 0 aliphatic rings. The van der Waals surface area contributed by atoms with Gasteiger partial charge >= 0.3 is 0 Å². The van der Waals surface area contributed by atoms with E-state index in [9.17, 15) is 5.11 Å². The zero-order valence-corrected chi connectivity index (χ0v) is 10.8. The number of methoxy groups -OCH3 is 1. The van der Waals surface area contributed by atoms with Crippen molar-refractivity contribution in [1.29, 1.82) is 0 Å². The maximum absolute atomic E-state index is 9.75. The van der Waals surface area contributed by atoms with E-state index in [1.54, 1.807) is 7.11 Å². The molecule has 1 aromatic rings. The van der Waals surface area contributed by atoms with E-state index in [1.165, 1.54) is 0 Å². The zero-order chi connectivity index (χ0) is 11.6. The first-order chi connectivity index (χ1) is 7.02. The summed E-state index contributed by atoms with van der Waals surface area (Å²) in [6.45, 7) is 4.08. The molecule has 1 atom stereocenters. The van der Waals surface area contributed by atoms with Crippen LogP contribution in [-0.2, 0) is 0 Å². The number of rotatable bonds is 3. The minimum atomic E-state index is -0.634. The van der Waals surface area contributed by atoms with E-state index in [0.717, 1.165) is 26.9 Å². The van der Waals surface area contributed by atoms with E-state index in [1.807, 2.05) is 19.9 Å². The lowest BCUT2D eigenvalue weighted by atomic mass is 10.00. The fraction of sp³-hybridized carbons (Fsp3) is 0.455. The Morgan fingerprint density at radius 2 is 2.13 bits per heavy atom. The molecule has 1 rings (SSSR count). The van der Waals surface area contributed by atoms with E-state index in [2.05, 4.69) is 15.9 Å². The topological polar surface area (TPSA) is 55.5 Å². The monoisotopic (exact) mass is 273 g/mol. The number of benzene rings is 1. The molecule has 0 bridgehead atoms. The van der Waals surface area contributed by atoms with Crippen molar-refractivity contribution < 1.29 is 9.84 Å². The molecule has 0 amide bonds. The molecule has 0 radical (unpaired) electrons. The van der Waals surface area contributed by atoms with Crippen molar-refractivity contribution in [2.24, 2.45) is 5.73 Å². The molecule has 4 heteroatoms. The summed E-state index contributed by atoms with van der Waals surface area (Å²) in [7, 11) is 1.62. The summed E-state index contributed by atoms with van der Waals surface area (Å²) in [6.07, 6.45) is -0.634. The minimum Gasteiger partial charge on any atom is -0.495 e. The van der Waals surface area contributed by atoms with E-state index in [0.29, 0.717) is 0 Å². The van der Waals surface area contributed by atoms with Gasteiger partial charge in [0.1, 0.15) is 5.75 Å². The van der Waals surface area contributed by atoms with Gasteiger partial charge in [0.15, 0.2) is 0 Å². The van der Waals surface area contributed by atoms with Crippen molar-refractivity contribution in [3.05, 3.63) is 27.2 Å². The Labute approximate surface area is 98.4 Å². The predicted octanol–water partition coefficient (Wildman–Crippen LogP) is 2.07. The predicted molar refractivity (Wildman–Crippen MR) is 64.2 cm³/mol. The largest absolute Gasteiger partial charge is 0.495 e. The molecule has 1 aromatic carbocycles. The molecule has 0 heterocycles. The van der Waals surface area contributed by atoms with Crippen LogP contribution < -0.4 is 10.5 Å². The first kappa shape index (κ1) is 12.5. The molecular formula is C11H16BrNO2. The van der Waals surface area contributed by atoms with Crippen molar-refractivity contribution in [3.63, 3.8) is 0 Å². The molecule has 0 aliphatic carbocycles. The van der Waals surface area contributed by atoms with E-state index in [4.69, 9.17) is 10.5 Å². The second-order valence-electron chi connectivity index (χ2n) is 3.51. The highest BCUT2D eigenvalue weighted by molar-refractivity contribution is 9.10. The maximum Gasteiger partial charge on any atom is 0.136 e. The summed E-state index contributed by atoms with van der Waals surface area (Å²) in [5.41, 5.74) is 8.23. The Hall–Kier alpha value is -0.580. The van der Waals surface area contributed by atoms with Gasteiger partial charge in [-0.1, -0.05) is 6.07 Å². The maximum atomic E-state index is 9.75. The zero-order valence-electron chi connectivity index (χ0n) is 9.17. The third-order valence-electron chi connectivity index (χ3n) is 2.48. The van der Waals surface area contributed by atoms with Crippen molar-refractivity contribution in [1.82, 2.24) is 0 Å². The van der Waals surface area contributed by atoms with Gasteiger partial charge in [-0.2, -0.15) is 0 Å². The first-order valence-corrected chi connectivity index (χ1v) is 5.54. The van der Waals surface area contributed by atoms with Crippen LogP contribution in [0.25, 0.3) is 0 Å². The highest BCUT2D eigenvalue weighted by atomic mass is 79.9. The van der Waals surface area contributed by atoms with Gasteiger partial charge in [-0.3, -0.25) is 0 Å². The quantitative estimate of drug-likeness (QED) is 0.887. The SMILES string of the molecule is COc1c(C)c(C(O)CN)cc(C)c1Br. The van der Waals surface area contributed by atoms with Gasteiger partial charge in [0, 0.05) is 6.54 Å². The van der Waals surface area contributed by atoms with Crippen molar-refractivity contribution >= 4 is 15.9 Å². The highest BCUT2D eigenvalue weighted by Gasteiger charge is 2.16. The molecular weight excluding hydrogens is 258 g/mol. The van der Waals surface area contributed by atoms with Crippen molar-refractivity contribution in [2.75, 3.05) is 13.7 Å². The number of hydrogen-bond donors (Lipinski definition) is 2. The normalized spacial score (nSPS) is 12.7. The Bertz CT molecular complexity index is 366. The third-order valence-corrected chi connectivity index (χ3v) is 3.46. The van der Waals surface area contributed by atoms with Gasteiger partial charge in [-0.25, -0.2) is 0 Å². The lowest BCUT2D eigenvalue weighted by Gasteiger charge is -2.17. The number of aryl methyl sites for hydroxylation is 1. The smallest absolute Gasteiger partial charge is 0.136 e. The molecule has 15 heavy (non-hydrogen) atoms. The van der Waals surface area contributed by atoms with Gasteiger partial charge < -0.3 is 15.6 Å². The number of aliphatic hydroxyl groups is 1. The van der Waals surface area contributed by atoms with Gasteiger partial charge in [0.2, 0.25) is 0 Å². The minimum absolute atomic E-state index is 0.213. The van der Waals surface area contributed by atoms with E-state index in [-0.39, 0.29) is 6.54 Å². The molecule has 3 N–H and O–H groups in total. The second-order valence-corrected chi connectivity index (χ2v) is 4.30. The van der Waals surface area contributed by atoms with Gasteiger partial charge in [0.05, 0.1) is 17.7 Å². The van der Waals surface area contributed by atoms with Gasteiger partial charge in [0.25, 0.3) is 0 Å². The molecule has 1 unspecified atom stereocenters. The van der Waals surface area contributed by atoms with E-state index < -0.39 is 6.10 Å². The average molecular weight is 274 g/mol. The average Bonchev–Trinajstić information content (AvgIpc) is 2.23. The molecule has 0 fully saturated rings. The molecule has 84 valence electrons. The number of nitrogens with two attached hydrogens (primary N) is 1.